The molecule has 19 heavy (non-hydrogen) atoms. The maximum atomic E-state index is 11.6. The lowest BCUT2D eigenvalue weighted by Crippen LogP contribution is -2.52. The number of anilines is 1. The Balaban J connectivity index is 1.44. The van der Waals surface area contributed by atoms with E-state index in [-0.39, 0.29) is 5.75 Å². The molecule has 1 saturated heterocycles. The molecule has 1 aromatic rings. The van der Waals surface area contributed by atoms with E-state index in [0.29, 0.717) is 24.9 Å². The number of nitrogens with zero attached hydrogens (tertiary/aromatic N) is 3. The van der Waals surface area contributed by atoms with Gasteiger partial charge in [-0.25, -0.2) is 17.7 Å². The summed E-state index contributed by atoms with van der Waals surface area (Å²) in [5.41, 5.74) is 0. The highest BCUT2D eigenvalue weighted by molar-refractivity contribution is 7.89. The molecule has 2 aliphatic rings. The van der Waals surface area contributed by atoms with Crippen LogP contribution in [-0.4, -0.2) is 47.5 Å². The van der Waals surface area contributed by atoms with E-state index in [2.05, 4.69) is 14.7 Å². The topological polar surface area (TPSA) is 75.2 Å². The van der Waals surface area contributed by atoms with Crippen LogP contribution in [0.2, 0.25) is 0 Å². The van der Waals surface area contributed by atoms with E-state index in [0.717, 1.165) is 17.5 Å². The van der Waals surface area contributed by atoms with Crippen LogP contribution >= 0.6 is 11.5 Å². The molecule has 0 radical (unpaired) electrons. The van der Waals surface area contributed by atoms with Gasteiger partial charge in [0.15, 0.2) is 0 Å². The van der Waals surface area contributed by atoms with Gasteiger partial charge in [-0.2, -0.15) is 4.37 Å². The first-order valence-electron chi connectivity index (χ1n) is 6.64. The standard InChI is InChI=1S/C11H18N4O2S2/c1-2-19(16,17)15-6-8(7-15)5-12-11-13-10(14-18-11)9-3-4-9/h8-9H,2-7H2,1H3,(H,12,13,14). The highest BCUT2D eigenvalue weighted by Gasteiger charge is 2.34. The van der Waals surface area contributed by atoms with Crippen LogP contribution in [0.15, 0.2) is 0 Å². The van der Waals surface area contributed by atoms with Crippen molar-refractivity contribution < 1.29 is 8.42 Å². The summed E-state index contributed by atoms with van der Waals surface area (Å²) in [6.07, 6.45) is 2.42. The maximum absolute atomic E-state index is 11.6. The molecule has 1 saturated carbocycles. The minimum Gasteiger partial charge on any atom is -0.360 e. The summed E-state index contributed by atoms with van der Waals surface area (Å²) in [5, 5.41) is 4.12. The zero-order valence-electron chi connectivity index (χ0n) is 10.9. The lowest BCUT2D eigenvalue weighted by molar-refractivity contribution is 0.212. The maximum Gasteiger partial charge on any atom is 0.213 e. The van der Waals surface area contributed by atoms with Crippen molar-refractivity contribution in [3.05, 3.63) is 5.82 Å². The zero-order chi connectivity index (χ0) is 13.5. The number of aromatic nitrogens is 2. The van der Waals surface area contributed by atoms with Gasteiger partial charge in [-0.05, 0) is 19.8 Å². The van der Waals surface area contributed by atoms with Crippen molar-refractivity contribution in [2.45, 2.75) is 25.7 Å². The Bertz CT molecular complexity index is 547. The summed E-state index contributed by atoms with van der Waals surface area (Å²) < 4.78 is 29.0. The molecule has 1 aromatic heterocycles. The smallest absolute Gasteiger partial charge is 0.213 e. The molecule has 6 nitrogen and oxygen atoms in total. The molecular formula is C11H18N4O2S2. The summed E-state index contributed by atoms with van der Waals surface area (Å²) in [4.78, 5) is 4.45. The molecule has 0 unspecified atom stereocenters. The lowest BCUT2D eigenvalue weighted by Gasteiger charge is -2.37. The van der Waals surface area contributed by atoms with E-state index in [4.69, 9.17) is 0 Å². The number of hydrogen-bond acceptors (Lipinski definition) is 6. The first-order chi connectivity index (χ1) is 9.08. The Morgan fingerprint density at radius 2 is 2.16 bits per heavy atom. The van der Waals surface area contributed by atoms with E-state index >= 15 is 0 Å². The minimum absolute atomic E-state index is 0.189. The molecule has 1 aliphatic heterocycles. The molecule has 8 heteroatoms. The van der Waals surface area contributed by atoms with Crippen LogP contribution in [0, 0.1) is 5.92 Å². The Morgan fingerprint density at radius 1 is 1.42 bits per heavy atom. The molecule has 0 bridgehead atoms. The second kappa shape index (κ2) is 4.99. The van der Waals surface area contributed by atoms with Gasteiger partial charge < -0.3 is 5.32 Å². The first kappa shape index (κ1) is 13.3. The molecule has 2 fully saturated rings. The van der Waals surface area contributed by atoms with Crippen LogP contribution in [-0.2, 0) is 10.0 Å². The fraction of sp³-hybridized carbons (Fsp3) is 0.818. The van der Waals surface area contributed by atoms with Crippen LogP contribution in [0.1, 0.15) is 31.5 Å². The average molecular weight is 302 g/mol. The van der Waals surface area contributed by atoms with Crippen molar-refractivity contribution in [2.75, 3.05) is 30.7 Å². The summed E-state index contributed by atoms with van der Waals surface area (Å²) in [6.45, 7) is 3.70. The van der Waals surface area contributed by atoms with Gasteiger partial charge in [0.2, 0.25) is 15.2 Å². The monoisotopic (exact) mass is 302 g/mol. The highest BCUT2D eigenvalue weighted by Crippen LogP contribution is 2.39. The summed E-state index contributed by atoms with van der Waals surface area (Å²) in [5.74, 6) is 2.13. The first-order valence-corrected chi connectivity index (χ1v) is 9.02. The van der Waals surface area contributed by atoms with Gasteiger partial charge in [0, 0.05) is 43.0 Å². The van der Waals surface area contributed by atoms with Crippen LogP contribution in [0.4, 0.5) is 5.13 Å². The molecule has 106 valence electrons. The van der Waals surface area contributed by atoms with Gasteiger partial charge in [0.05, 0.1) is 5.75 Å². The predicted octanol–water partition coefficient (Wildman–Crippen LogP) is 1.11. The second-order valence-electron chi connectivity index (χ2n) is 5.20. The van der Waals surface area contributed by atoms with Crippen molar-refractivity contribution in [3.8, 4) is 0 Å². The SMILES string of the molecule is CCS(=O)(=O)N1CC(CNc2nc(C3CC3)ns2)C1. The molecular weight excluding hydrogens is 284 g/mol. The fourth-order valence-electron chi connectivity index (χ4n) is 2.11. The summed E-state index contributed by atoms with van der Waals surface area (Å²) >= 11 is 1.40. The van der Waals surface area contributed by atoms with E-state index in [1.165, 1.54) is 24.4 Å². The number of rotatable bonds is 6. The third-order valence-electron chi connectivity index (χ3n) is 3.61. The van der Waals surface area contributed by atoms with Crippen molar-refractivity contribution in [1.29, 1.82) is 0 Å². The molecule has 2 heterocycles. The zero-order valence-corrected chi connectivity index (χ0v) is 12.5. The Labute approximate surface area is 117 Å². The van der Waals surface area contributed by atoms with E-state index < -0.39 is 10.0 Å². The number of hydrogen-bond donors (Lipinski definition) is 1. The Morgan fingerprint density at radius 3 is 2.79 bits per heavy atom. The van der Waals surface area contributed by atoms with Crippen LogP contribution in [0.5, 0.6) is 0 Å². The second-order valence-corrected chi connectivity index (χ2v) is 8.21. The number of sulfonamides is 1. The highest BCUT2D eigenvalue weighted by atomic mass is 32.2. The molecule has 3 rings (SSSR count). The van der Waals surface area contributed by atoms with Gasteiger partial charge in [-0.3, -0.25) is 0 Å². The van der Waals surface area contributed by atoms with E-state index in [9.17, 15) is 8.42 Å². The van der Waals surface area contributed by atoms with E-state index in [1.54, 1.807) is 11.2 Å². The molecule has 0 spiro atoms. The van der Waals surface area contributed by atoms with Crippen molar-refractivity contribution >= 4 is 26.7 Å². The van der Waals surface area contributed by atoms with Crippen molar-refractivity contribution in [2.24, 2.45) is 5.92 Å². The van der Waals surface area contributed by atoms with Crippen LogP contribution < -0.4 is 5.32 Å². The summed E-state index contributed by atoms with van der Waals surface area (Å²) in [7, 11) is -3.00. The van der Waals surface area contributed by atoms with Gasteiger partial charge in [0.1, 0.15) is 5.82 Å². The minimum atomic E-state index is -3.00. The quantitative estimate of drug-likeness (QED) is 0.852. The third-order valence-corrected chi connectivity index (χ3v) is 6.11. The predicted molar refractivity (Wildman–Crippen MR) is 74.9 cm³/mol. The van der Waals surface area contributed by atoms with Crippen molar-refractivity contribution in [3.63, 3.8) is 0 Å². The number of nitrogens with one attached hydrogen (secondary N) is 1. The average Bonchev–Trinajstić information content (AvgIpc) is 3.07. The Hall–Kier alpha value is -0.730. The largest absolute Gasteiger partial charge is 0.360 e. The third kappa shape index (κ3) is 2.90. The molecule has 0 amide bonds. The lowest BCUT2D eigenvalue weighted by atomic mass is 10.0. The fourth-order valence-corrected chi connectivity index (χ4v) is 4.00. The van der Waals surface area contributed by atoms with Gasteiger partial charge in [-0.15, -0.1) is 0 Å². The van der Waals surface area contributed by atoms with Gasteiger partial charge >= 0.3 is 0 Å². The van der Waals surface area contributed by atoms with E-state index in [1.807, 2.05) is 0 Å². The van der Waals surface area contributed by atoms with Crippen molar-refractivity contribution in [1.82, 2.24) is 13.7 Å². The molecule has 1 N–H and O–H groups in total. The molecule has 1 aliphatic carbocycles. The van der Waals surface area contributed by atoms with Crippen LogP contribution in [0.25, 0.3) is 0 Å². The summed E-state index contributed by atoms with van der Waals surface area (Å²) in [6, 6.07) is 0. The molecule has 0 aromatic carbocycles. The van der Waals surface area contributed by atoms with Gasteiger partial charge in [-0.1, -0.05) is 0 Å². The normalized spacial score (nSPS) is 21.3. The van der Waals surface area contributed by atoms with Crippen LogP contribution in [0.3, 0.4) is 0 Å². The molecule has 0 atom stereocenters. The van der Waals surface area contributed by atoms with Gasteiger partial charge in [0.25, 0.3) is 0 Å². The Kier molecular flexibility index (Phi) is 3.48.